The van der Waals surface area contributed by atoms with Gasteiger partial charge in [0.1, 0.15) is 16.7 Å². The van der Waals surface area contributed by atoms with Crippen molar-refractivity contribution < 1.29 is 14.4 Å². The highest BCUT2D eigenvalue weighted by Crippen LogP contribution is 2.33. The Morgan fingerprint density at radius 2 is 1.81 bits per heavy atom. The van der Waals surface area contributed by atoms with Gasteiger partial charge in [-0.3, -0.25) is 14.4 Å². The fraction of sp³-hybridized carbons (Fsp3) is 0.519. The molecule has 3 atom stereocenters. The molecule has 4 rings (SSSR count). The number of amides is 3. The molecule has 2 saturated heterocycles. The molecular weight excluding hydrogens is 488 g/mol. The smallest absolute Gasteiger partial charge is 0.251 e. The molecule has 9 nitrogen and oxygen atoms in total. The average molecular weight is 527 g/mol. The molecule has 2 aromatic carbocycles. The number of rotatable bonds is 11. The van der Waals surface area contributed by atoms with Gasteiger partial charge in [0.25, 0.3) is 5.91 Å². The van der Waals surface area contributed by atoms with E-state index in [1.165, 1.54) is 24.6 Å². The molecule has 5 N–H and O–H groups in total. The van der Waals surface area contributed by atoms with Crippen molar-refractivity contribution in [3.8, 4) is 0 Å². The number of anilines is 1. The van der Waals surface area contributed by atoms with Crippen LogP contribution in [0.1, 0.15) is 37.0 Å². The highest BCUT2D eigenvalue weighted by Gasteiger charge is 2.44. The lowest BCUT2D eigenvalue weighted by atomic mass is 10.1. The number of benzene rings is 2. The molecule has 0 aliphatic carbocycles. The van der Waals surface area contributed by atoms with E-state index in [1.54, 1.807) is 4.90 Å². The number of likely N-dealkylation sites (N-methyl/N-ethyl adjacent to an activating group) is 2. The number of nitrogens with two attached hydrogens (primary N) is 1. The van der Waals surface area contributed by atoms with Gasteiger partial charge >= 0.3 is 0 Å². The zero-order valence-electron chi connectivity index (χ0n) is 21.7. The molecular formula is C27H38N6O3S. The molecule has 0 radical (unpaired) electrons. The standard InChI is InChI=1S/C27H38N6O3S/c1-3-29-25(35)23(28)27-33(4-2)26(36)22(37-27)17-31-21-10-9-18-15-20(8-7-19(18)16-21)24(34)30-11-14-32-12-5-6-13-32/h7-10,15-16,22-23,27,31H,3-6,11-14,17,28H2,1-2H3,(H,29,35)(H,30,34)/t22-,23-,27?/m1/s1. The Hall–Kier alpha value is -2.82. The van der Waals surface area contributed by atoms with Crippen molar-refractivity contribution in [1.82, 2.24) is 20.4 Å². The summed E-state index contributed by atoms with van der Waals surface area (Å²) in [6, 6.07) is 10.9. The Balaban J connectivity index is 1.33. The van der Waals surface area contributed by atoms with Crippen LogP contribution in [0.2, 0.25) is 0 Å². The number of thioether (sulfide) groups is 1. The van der Waals surface area contributed by atoms with Crippen molar-refractivity contribution in [3.05, 3.63) is 42.0 Å². The quantitative estimate of drug-likeness (QED) is 0.353. The van der Waals surface area contributed by atoms with E-state index in [-0.39, 0.29) is 28.3 Å². The summed E-state index contributed by atoms with van der Waals surface area (Å²) in [5.41, 5.74) is 7.72. The van der Waals surface area contributed by atoms with E-state index in [1.807, 2.05) is 50.2 Å². The van der Waals surface area contributed by atoms with Gasteiger partial charge in [0, 0.05) is 44.0 Å². The molecule has 0 spiro atoms. The van der Waals surface area contributed by atoms with Crippen molar-refractivity contribution in [2.75, 3.05) is 51.1 Å². The number of fused-ring (bicyclic) bond motifs is 1. The Labute approximate surface area is 222 Å². The molecule has 1 unspecified atom stereocenters. The first-order valence-electron chi connectivity index (χ1n) is 13.2. The van der Waals surface area contributed by atoms with Gasteiger partial charge in [0.15, 0.2) is 0 Å². The van der Waals surface area contributed by atoms with Crippen molar-refractivity contribution in [2.24, 2.45) is 5.73 Å². The van der Waals surface area contributed by atoms with Crippen LogP contribution in [0.3, 0.4) is 0 Å². The van der Waals surface area contributed by atoms with Gasteiger partial charge in [-0.05, 0) is 74.8 Å². The summed E-state index contributed by atoms with van der Waals surface area (Å²) in [4.78, 5) is 41.9. The summed E-state index contributed by atoms with van der Waals surface area (Å²) >= 11 is 1.44. The van der Waals surface area contributed by atoms with E-state index in [0.29, 0.717) is 31.7 Å². The third-order valence-electron chi connectivity index (χ3n) is 6.98. The van der Waals surface area contributed by atoms with Crippen LogP contribution in [0.25, 0.3) is 10.8 Å². The monoisotopic (exact) mass is 526 g/mol. The lowest BCUT2D eigenvalue weighted by Crippen LogP contribution is -2.52. The van der Waals surface area contributed by atoms with Crippen molar-refractivity contribution >= 4 is 45.9 Å². The summed E-state index contributed by atoms with van der Waals surface area (Å²) in [6.45, 7) is 8.98. The van der Waals surface area contributed by atoms with Crippen molar-refractivity contribution in [1.29, 1.82) is 0 Å². The summed E-state index contributed by atoms with van der Waals surface area (Å²) < 4.78 is 0. The van der Waals surface area contributed by atoms with Crippen molar-refractivity contribution in [2.45, 2.75) is 43.4 Å². The van der Waals surface area contributed by atoms with Gasteiger partial charge in [0.05, 0.1) is 0 Å². The second-order valence-electron chi connectivity index (χ2n) is 9.52. The molecule has 200 valence electrons. The summed E-state index contributed by atoms with van der Waals surface area (Å²) in [5.74, 6) is -0.305. The minimum Gasteiger partial charge on any atom is -0.383 e. The second-order valence-corrected chi connectivity index (χ2v) is 10.8. The maximum absolute atomic E-state index is 13.0. The van der Waals surface area contributed by atoms with E-state index in [9.17, 15) is 14.4 Å². The summed E-state index contributed by atoms with van der Waals surface area (Å²) in [5, 5.41) is 10.4. The minimum atomic E-state index is -0.772. The van der Waals surface area contributed by atoms with Crippen LogP contribution in [-0.4, -0.2) is 90.0 Å². The van der Waals surface area contributed by atoms with E-state index in [2.05, 4.69) is 20.9 Å². The Bertz CT molecular complexity index is 1120. The number of hydrogen-bond acceptors (Lipinski definition) is 7. The second kappa shape index (κ2) is 12.6. The molecule has 2 aliphatic heterocycles. The lowest BCUT2D eigenvalue weighted by Gasteiger charge is -2.26. The first-order chi connectivity index (χ1) is 17.9. The van der Waals surface area contributed by atoms with Crippen LogP contribution in [0, 0.1) is 0 Å². The van der Waals surface area contributed by atoms with Crippen LogP contribution in [0.4, 0.5) is 5.69 Å². The lowest BCUT2D eigenvalue weighted by molar-refractivity contribution is -0.130. The van der Waals surface area contributed by atoms with E-state index >= 15 is 0 Å². The number of carbonyl (C=O) groups is 3. The Morgan fingerprint density at radius 3 is 2.54 bits per heavy atom. The number of likely N-dealkylation sites (tertiary alicyclic amines) is 1. The third kappa shape index (κ3) is 6.55. The molecule has 0 aromatic heterocycles. The fourth-order valence-electron chi connectivity index (χ4n) is 4.92. The molecule has 0 bridgehead atoms. The molecule has 2 heterocycles. The van der Waals surface area contributed by atoms with Crippen molar-refractivity contribution in [3.63, 3.8) is 0 Å². The highest BCUT2D eigenvalue weighted by molar-refractivity contribution is 8.01. The zero-order valence-corrected chi connectivity index (χ0v) is 22.5. The average Bonchev–Trinajstić information content (AvgIpc) is 3.54. The van der Waals surface area contributed by atoms with Crippen LogP contribution >= 0.6 is 11.8 Å². The van der Waals surface area contributed by atoms with E-state index in [0.717, 1.165) is 36.1 Å². The minimum absolute atomic E-state index is 0.00840. The van der Waals surface area contributed by atoms with Gasteiger partial charge in [-0.1, -0.05) is 12.1 Å². The molecule has 2 aromatic rings. The van der Waals surface area contributed by atoms with Crippen LogP contribution in [0.15, 0.2) is 36.4 Å². The van der Waals surface area contributed by atoms with Gasteiger partial charge in [-0.15, -0.1) is 11.8 Å². The molecule has 0 saturated carbocycles. The normalized spacial score (nSPS) is 20.8. The fourth-order valence-corrected chi connectivity index (χ4v) is 6.39. The van der Waals surface area contributed by atoms with E-state index < -0.39 is 6.04 Å². The number of nitrogens with zero attached hydrogens (tertiary/aromatic N) is 2. The predicted octanol–water partition coefficient (Wildman–Crippen LogP) is 1.83. The highest BCUT2D eigenvalue weighted by atomic mass is 32.2. The maximum Gasteiger partial charge on any atom is 0.251 e. The van der Waals surface area contributed by atoms with Gasteiger partial charge in [-0.25, -0.2) is 0 Å². The van der Waals surface area contributed by atoms with Gasteiger partial charge in [0.2, 0.25) is 11.8 Å². The summed E-state index contributed by atoms with van der Waals surface area (Å²) in [6.07, 6.45) is 2.49. The number of hydrogen-bond donors (Lipinski definition) is 4. The van der Waals surface area contributed by atoms with E-state index in [4.69, 9.17) is 5.73 Å². The largest absolute Gasteiger partial charge is 0.383 e. The third-order valence-corrected chi connectivity index (χ3v) is 8.50. The van der Waals surface area contributed by atoms with Crippen LogP contribution < -0.4 is 21.7 Å². The van der Waals surface area contributed by atoms with Crippen LogP contribution in [-0.2, 0) is 9.59 Å². The van der Waals surface area contributed by atoms with Crippen LogP contribution in [0.5, 0.6) is 0 Å². The van der Waals surface area contributed by atoms with Gasteiger partial charge < -0.3 is 31.5 Å². The first-order valence-corrected chi connectivity index (χ1v) is 14.1. The molecule has 2 aliphatic rings. The van der Waals surface area contributed by atoms with Gasteiger partial charge in [-0.2, -0.15) is 0 Å². The number of carbonyl (C=O) groups excluding carboxylic acids is 3. The Kier molecular flexibility index (Phi) is 9.28. The molecule has 37 heavy (non-hydrogen) atoms. The predicted molar refractivity (Wildman–Crippen MR) is 150 cm³/mol. The molecule has 3 amide bonds. The zero-order chi connectivity index (χ0) is 26.4. The topological polar surface area (TPSA) is 120 Å². The first kappa shape index (κ1) is 27.2. The SMILES string of the molecule is CCNC(=O)[C@@H](N)C1S[C@H](CNc2ccc3cc(C(=O)NCCN4CCCC4)ccc3c2)C(=O)N1CC. The molecule has 2 fully saturated rings. The number of nitrogens with one attached hydrogen (secondary N) is 3. The molecule has 10 heteroatoms. The summed E-state index contributed by atoms with van der Waals surface area (Å²) in [7, 11) is 0. The maximum atomic E-state index is 13.0. The Morgan fingerprint density at radius 1 is 1.08 bits per heavy atom.